The molecule has 3 rings (SSSR count). The second kappa shape index (κ2) is 4.89. The van der Waals surface area contributed by atoms with Gasteiger partial charge in [0.25, 0.3) is 0 Å². The third-order valence-corrected chi connectivity index (χ3v) is 2.77. The largest absolute Gasteiger partial charge is 0.497 e. The van der Waals surface area contributed by atoms with Gasteiger partial charge in [0, 0.05) is 12.4 Å². The summed E-state index contributed by atoms with van der Waals surface area (Å²) in [6, 6.07) is 11.5. The van der Waals surface area contributed by atoms with E-state index in [0.717, 1.165) is 22.3 Å². The molecule has 0 fully saturated rings. The molecule has 3 aromatic rings. The number of pyridine rings is 1. The first-order valence-electron chi connectivity index (χ1n) is 5.84. The molecule has 2 aromatic heterocycles. The first kappa shape index (κ1) is 11.4. The van der Waals surface area contributed by atoms with Crippen molar-refractivity contribution in [2.24, 2.45) is 4.99 Å². The summed E-state index contributed by atoms with van der Waals surface area (Å²) < 4.78 is 5.11. The van der Waals surface area contributed by atoms with Gasteiger partial charge in [-0.1, -0.05) is 0 Å². The quantitative estimate of drug-likeness (QED) is 0.729. The Hall–Kier alpha value is -2.69. The monoisotopic (exact) mass is 252 g/mol. The van der Waals surface area contributed by atoms with Gasteiger partial charge in [0.2, 0.25) is 0 Å². The highest BCUT2D eigenvalue weighted by Crippen LogP contribution is 2.20. The van der Waals surface area contributed by atoms with Crippen LogP contribution in [0.4, 0.5) is 5.82 Å². The van der Waals surface area contributed by atoms with Crippen LogP contribution in [0.3, 0.4) is 0 Å². The van der Waals surface area contributed by atoms with Crippen molar-refractivity contribution in [2.75, 3.05) is 7.11 Å². The third-order valence-electron chi connectivity index (χ3n) is 2.77. The zero-order chi connectivity index (χ0) is 13.1. The van der Waals surface area contributed by atoms with Gasteiger partial charge in [0.15, 0.2) is 11.5 Å². The van der Waals surface area contributed by atoms with Crippen LogP contribution in [0.2, 0.25) is 0 Å². The predicted molar refractivity (Wildman–Crippen MR) is 74.1 cm³/mol. The molecule has 0 aliphatic heterocycles. The van der Waals surface area contributed by atoms with E-state index in [1.807, 2.05) is 36.4 Å². The van der Waals surface area contributed by atoms with E-state index in [1.165, 1.54) is 0 Å². The van der Waals surface area contributed by atoms with E-state index in [9.17, 15) is 0 Å². The maximum Gasteiger partial charge on any atom is 0.183 e. The fraction of sp³-hybridized carbons (Fsp3) is 0.0714. The molecular formula is C14H12N4O. The minimum absolute atomic E-state index is 0.638. The highest BCUT2D eigenvalue weighted by molar-refractivity contribution is 5.90. The first-order chi connectivity index (χ1) is 9.36. The van der Waals surface area contributed by atoms with Crippen LogP contribution >= 0.6 is 0 Å². The molecule has 0 radical (unpaired) electrons. The number of aromatic nitrogens is 3. The number of nitrogens with one attached hydrogen (secondary N) is 1. The fourth-order valence-electron chi connectivity index (χ4n) is 1.77. The van der Waals surface area contributed by atoms with Gasteiger partial charge < -0.3 is 4.74 Å². The van der Waals surface area contributed by atoms with Gasteiger partial charge in [0.1, 0.15) is 5.75 Å². The summed E-state index contributed by atoms with van der Waals surface area (Å²) in [6.07, 6.45) is 3.49. The molecular weight excluding hydrogens is 240 g/mol. The Balaban J connectivity index is 1.89. The molecule has 0 bridgehead atoms. The molecule has 0 atom stereocenters. The number of aromatic amines is 1. The number of methoxy groups -OCH3 is 1. The molecule has 5 heteroatoms. The molecule has 1 N–H and O–H groups in total. The van der Waals surface area contributed by atoms with Crippen LogP contribution in [0.15, 0.2) is 47.6 Å². The summed E-state index contributed by atoms with van der Waals surface area (Å²) >= 11 is 0. The average Bonchev–Trinajstić information content (AvgIpc) is 2.89. The molecule has 94 valence electrons. The highest BCUT2D eigenvalue weighted by atomic mass is 16.5. The van der Waals surface area contributed by atoms with E-state index in [2.05, 4.69) is 20.2 Å². The zero-order valence-corrected chi connectivity index (χ0v) is 10.4. The van der Waals surface area contributed by atoms with E-state index in [1.54, 1.807) is 19.5 Å². The van der Waals surface area contributed by atoms with Crippen LogP contribution in [-0.2, 0) is 0 Å². The lowest BCUT2D eigenvalue weighted by Gasteiger charge is -1.98. The topological polar surface area (TPSA) is 63.2 Å². The minimum Gasteiger partial charge on any atom is -0.497 e. The van der Waals surface area contributed by atoms with Crippen LogP contribution < -0.4 is 4.74 Å². The number of nitrogens with zero attached hydrogens (tertiary/aromatic N) is 3. The molecule has 0 spiro atoms. The Bertz CT molecular complexity index is 716. The van der Waals surface area contributed by atoms with E-state index in [4.69, 9.17) is 4.74 Å². The van der Waals surface area contributed by atoms with Gasteiger partial charge >= 0.3 is 0 Å². The molecule has 0 amide bonds. The van der Waals surface area contributed by atoms with E-state index >= 15 is 0 Å². The van der Waals surface area contributed by atoms with Crippen molar-refractivity contribution in [3.63, 3.8) is 0 Å². The Kier molecular flexibility index (Phi) is 2.94. The van der Waals surface area contributed by atoms with Crippen molar-refractivity contribution in [3.8, 4) is 5.75 Å². The van der Waals surface area contributed by atoms with Crippen molar-refractivity contribution >= 4 is 23.1 Å². The van der Waals surface area contributed by atoms with Crippen molar-refractivity contribution in [3.05, 3.63) is 48.2 Å². The van der Waals surface area contributed by atoms with E-state index in [-0.39, 0.29) is 0 Å². The molecule has 0 saturated heterocycles. The first-order valence-corrected chi connectivity index (χ1v) is 5.84. The smallest absolute Gasteiger partial charge is 0.183 e. The van der Waals surface area contributed by atoms with Crippen LogP contribution in [0, 0.1) is 0 Å². The molecule has 0 aliphatic rings. The van der Waals surface area contributed by atoms with Gasteiger partial charge in [-0.25, -0.2) is 9.98 Å². The van der Waals surface area contributed by atoms with E-state index in [0.29, 0.717) is 5.82 Å². The molecule has 0 saturated carbocycles. The molecule has 2 heterocycles. The van der Waals surface area contributed by atoms with Crippen LogP contribution in [0.25, 0.3) is 11.0 Å². The van der Waals surface area contributed by atoms with Crippen molar-refractivity contribution in [1.29, 1.82) is 0 Å². The fourth-order valence-corrected chi connectivity index (χ4v) is 1.77. The molecule has 1 aromatic carbocycles. The van der Waals surface area contributed by atoms with Gasteiger partial charge in [-0.2, -0.15) is 5.10 Å². The van der Waals surface area contributed by atoms with Gasteiger partial charge in [-0.3, -0.25) is 5.10 Å². The molecule has 0 unspecified atom stereocenters. The van der Waals surface area contributed by atoms with Crippen molar-refractivity contribution in [1.82, 2.24) is 15.2 Å². The Morgan fingerprint density at radius 3 is 2.84 bits per heavy atom. The second-order valence-corrected chi connectivity index (χ2v) is 3.98. The summed E-state index contributed by atoms with van der Waals surface area (Å²) in [6.45, 7) is 0. The maximum atomic E-state index is 5.11. The number of hydrogen-bond acceptors (Lipinski definition) is 4. The SMILES string of the molecule is COc1ccc(C=Nc2n[nH]c3ncccc23)cc1. The van der Waals surface area contributed by atoms with Gasteiger partial charge in [-0.05, 0) is 42.0 Å². The number of rotatable bonds is 3. The number of benzene rings is 1. The Morgan fingerprint density at radius 1 is 1.21 bits per heavy atom. The van der Waals surface area contributed by atoms with Crippen LogP contribution in [0.5, 0.6) is 5.75 Å². The molecule has 19 heavy (non-hydrogen) atoms. The Labute approximate surface area is 110 Å². The third kappa shape index (κ3) is 2.30. The summed E-state index contributed by atoms with van der Waals surface area (Å²) in [4.78, 5) is 8.54. The summed E-state index contributed by atoms with van der Waals surface area (Å²) in [7, 11) is 1.64. The summed E-state index contributed by atoms with van der Waals surface area (Å²) in [5.41, 5.74) is 1.73. The van der Waals surface area contributed by atoms with Gasteiger partial charge in [0.05, 0.1) is 12.5 Å². The second-order valence-electron chi connectivity index (χ2n) is 3.98. The predicted octanol–water partition coefficient (Wildman–Crippen LogP) is 2.72. The highest BCUT2D eigenvalue weighted by Gasteiger charge is 2.02. The maximum absolute atomic E-state index is 5.11. The van der Waals surface area contributed by atoms with Gasteiger partial charge in [-0.15, -0.1) is 0 Å². The number of aliphatic imine (C=N–C) groups is 1. The lowest BCUT2D eigenvalue weighted by atomic mass is 10.2. The van der Waals surface area contributed by atoms with Crippen LogP contribution in [0.1, 0.15) is 5.56 Å². The number of ether oxygens (including phenoxy) is 1. The molecule has 0 aliphatic carbocycles. The standard InChI is InChI=1S/C14H12N4O/c1-19-11-6-4-10(5-7-11)9-16-14-12-3-2-8-15-13(12)17-18-14/h2-9H,1H3,(H,15,17,18). The molecule has 5 nitrogen and oxygen atoms in total. The van der Waals surface area contributed by atoms with E-state index < -0.39 is 0 Å². The summed E-state index contributed by atoms with van der Waals surface area (Å²) in [5.74, 6) is 1.46. The Morgan fingerprint density at radius 2 is 2.05 bits per heavy atom. The lowest BCUT2D eigenvalue weighted by molar-refractivity contribution is 0.415. The summed E-state index contributed by atoms with van der Waals surface area (Å²) in [5, 5.41) is 7.89. The van der Waals surface area contributed by atoms with Crippen molar-refractivity contribution < 1.29 is 4.74 Å². The van der Waals surface area contributed by atoms with Crippen LogP contribution in [-0.4, -0.2) is 28.5 Å². The number of fused-ring (bicyclic) bond motifs is 1. The minimum atomic E-state index is 0.638. The lowest BCUT2D eigenvalue weighted by Crippen LogP contribution is -1.84. The van der Waals surface area contributed by atoms with Crippen molar-refractivity contribution in [2.45, 2.75) is 0 Å². The number of hydrogen-bond donors (Lipinski definition) is 1. The normalized spacial score (nSPS) is 11.2. The zero-order valence-electron chi connectivity index (χ0n) is 10.4. The average molecular weight is 252 g/mol. The number of H-pyrrole nitrogens is 1.